The minimum Gasteiger partial charge on any atom is -0.387 e. The lowest BCUT2D eigenvalue weighted by molar-refractivity contribution is 0.144. The number of hydrogen-bond donors (Lipinski definition) is 2. The first-order valence-electron chi connectivity index (χ1n) is 8.51. The molecule has 3 nitrogen and oxygen atoms in total. The molecule has 1 heterocycles. The van der Waals surface area contributed by atoms with Crippen LogP contribution in [0.3, 0.4) is 0 Å². The molecule has 0 saturated carbocycles. The zero-order chi connectivity index (χ0) is 20.1. The summed E-state index contributed by atoms with van der Waals surface area (Å²) in [4.78, 5) is 4.36. The Balaban J connectivity index is 0.000000772. The Kier molecular flexibility index (Phi) is 12.3. The van der Waals surface area contributed by atoms with Crippen LogP contribution in [0.2, 0.25) is 0 Å². The Bertz CT molecular complexity index is 659. The van der Waals surface area contributed by atoms with Gasteiger partial charge < -0.3 is 10.6 Å². The number of aromatic nitrogens is 1. The molecule has 0 bridgehead atoms. The van der Waals surface area contributed by atoms with Crippen molar-refractivity contribution in [1.29, 1.82) is 0 Å². The van der Waals surface area contributed by atoms with Gasteiger partial charge in [-0.25, -0.2) is 8.78 Å². The van der Waals surface area contributed by atoms with E-state index in [-0.39, 0.29) is 6.42 Å². The van der Waals surface area contributed by atoms with E-state index in [0.717, 1.165) is 32.8 Å². The Labute approximate surface area is 164 Å². The molecule has 0 aliphatic carbocycles. The summed E-state index contributed by atoms with van der Waals surface area (Å²) in [5.41, 5.74) is 4.77. The fraction of sp³-hybridized carbons (Fsp3) is 0.350. The second-order valence-electron chi connectivity index (χ2n) is 5.02. The topological polar surface area (TPSA) is 37.0 Å². The molecule has 2 N–H and O–H groups in total. The summed E-state index contributed by atoms with van der Waals surface area (Å²) < 4.78 is 22.6. The normalized spacial score (nSPS) is 9.42. The van der Waals surface area contributed by atoms with Gasteiger partial charge in [-0.2, -0.15) is 0 Å². The summed E-state index contributed by atoms with van der Waals surface area (Å²) >= 11 is 3.42. The van der Waals surface area contributed by atoms with E-state index >= 15 is 0 Å². The average molecular weight is 428 g/mol. The van der Waals surface area contributed by atoms with Gasteiger partial charge in [0.05, 0.1) is 11.9 Å². The summed E-state index contributed by atoms with van der Waals surface area (Å²) in [5, 5.41) is 6.38. The van der Waals surface area contributed by atoms with Gasteiger partial charge in [0, 0.05) is 40.6 Å². The van der Waals surface area contributed by atoms with Gasteiger partial charge in [-0.15, -0.1) is 0 Å². The molecule has 0 saturated heterocycles. The first-order chi connectivity index (χ1) is 12.4. The quantitative estimate of drug-likeness (QED) is 0.540. The van der Waals surface area contributed by atoms with Crippen LogP contribution in [-0.4, -0.2) is 18.5 Å². The molecule has 0 aliphatic heterocycles. The molecular formula is C20H28BrF2N3. The minimum atomic E-state index is -2.12. The maximum absolute atomic E-state index is 10.8. The zero-order valence-corrected chi connectivity index (χ0v) is 17.6. The molecule has 2 rings (SSSR count). The SMILES string of the molecule is C=C(Nc1ccc(Br)cc1)c1cc(NC)cnc1C.CC.CCC(F)F. The van der Waals surface area contributed by atoms with Crippen LogP contribution in [0.15, 0.2) is 47.6 Å². The molecule has 0 fully saturated rings. The van der Waals surface area contributed by atoms with Crippen LogP contribution in [0.5, 0.6) is 0 Å². The third kappa shape index (κ3) is 8.94. The summed E-state index contributed by atoms with van der Waals surface area (Å²) in [7, 11) is 1.88. The van der Waals surface area contributed by atoms with E-state index in [4.69, 9.17) is 0 Å². The highest BCUT2D eigenvalue weighted by atomic mass is 79.9. The van der Waals surface area contributed by atoms with Crippen molar-refractivity contribution >= 4 is 33.0 Å². The zero-order valence-electron chi connectivity index (χ0n) is 16.0. The molecule has 26 heavy (non-hydrogen) atoms. The highest BCUT2D eigenvalue weighted by Gasteiger charge is 2.06. The number of rotatable bonds is 5. The molecule has 0 radical (unpaired) electrons. The van der Waals surface area contributed by atoms with Crippen molar-refractivity contribution in [2.75, 3.05) is 17.7 Å². The van der Waals surface area contributed by atoms with E-state index in [1.54, 1.807) is 0 Å². The Morgan fingerprint density at radius 3 is 2.19 bits per heavy atom. The number of hydrogen-bond acceptors (Lipinski definition) is 3. The molecule has 144 valence electrons. The Hall–Kier alpha value is -1.95. The maximum atomic E-state index is 10.8. The van der Waals surface area contributed by atoms with Gasteiger partial charge in [0.1, 0.15) is 0 Å². The highest BCUT2D eigenvalue weighted by Crippen LogP contribution is 2.22. The number of nitrogens with one attached hydrogen (secondary N) is 2. The van der Waals surface area contributed by atoms with E-state index in [2.05, 4.69) is 38.1 Å². The number of alkyl halides is 2. The van der Waals surface area contributed by atoms with E-state index < -0.39 is 6.43 Å². The summed E-state index contributed by atoms with van der Waals surface area (Å²) in [6, 6.07) is 10.0. The molecule has 0 atom stereocenters. The van der Waals surface area contributed by atoms with Crippen LogP contribution in [-0.2, 0) is 0 Å². The smallest absolute Gasteiger partial charge is 0.238 e. The van der Waals surface area contributed by atoms with E-state index in [1.807, 2.05) is 64.3 Å². The fourth-order valence-electron chi connectivity index (χ4n) is 1.75. The molecule has 1 aromatic carbocycles. The number of benzene rings is 1. The highest BCUT2D eigenvalue weighted by molar-refractivity contribution is 9.10. The third-order valence-electron chi connectivity index (χ3n) is 3.15. The standard InChI is InChI=1S/C15H16BrN3.C3H6F2.C2H6/c1-10-15(8-14(17-3)9-18-10)11(2)19-13-6-4-12(16)5-7-13;1-2-3(4)5;1-2/h4-9,17,19H,2H2,1,3H3;3H,2H2,1H3;1-2H3. The Morgan fingerprint density at radius 1 is 1.19 bits per heavy atom. The van der Waals surface area contributed by atoms with Crippen molar-refractivity contribution in [2.45, 2.75) is 40.5 Å². The van der Waals surface area contributed by atoms with Crippen molar-refractivity contribution in [3.63, 3.8) is 0 Å². The monoisotopic (exact) mass is 427 g/mol. The van der Waals surface area contributed by atoms with Crippen molar-refractivity contribution < 1.29 is 8.78 Å². The first-order valence-corrected chi connectivity index (χ1v) is 9.31. The van der Waals surface area contributed by atoms with Crippen LogP contribution in [0, 0.1) is 6.92 Å². The van der Waals surface area contributed by atoms with Gasteiger partial charge in [-0.05, 0) is 37.3 Å². The van der Waals surface area contributed by atoms with Crippen molar-refractivity contribution in [2.24, 2.45) is 0 Å². The molecule has 6 heteroatoms. The molecule has 0 spiro atoms. The summed E-state index contributed by atoms with van der Waals surface area (Å²) in [5.74, 6) is 0. The summed E-state index contributed by atoms with van der Waals surface area (Å²) in [6.07, 6.45) is -0.332. The first kappa shape index (κ1) is 24.1. The molecule has 1 aromatic heterocycles. The van der Waals surface area contributed by atoms with Crippen LogP contribution >= 0.6 is 15.9 Å². The van der Waals surface area contributed by atoms with Crippen LogP contribution < -0.4 is 10.6 Å². The minimum absolute atomic E-state index is 0.0278. The van der Waals surface area contributed by atoms with Gasteiger partial charge in [0.2, 0.25) is 6.43 Å². The number of anilines is 2. The van der Waals surface area contributed by atoms with Gasteiger partial charge in [0.25, 0.3) is 0 Å². The lowest BCUT2D eigenvalue weighted by atomic mass is 10.1. The average Bonchev–Trinajstić information content (AvgIpc) is 2.66. The lowest BCUT2D eigenvalue weighted by Gasteiger charge is -2.13. The van der Waals surface area contributed by atoms with Crippen molar-refractivity contribution in [3.05, 3.63) is 58.8 Å². The predicted octanol–water partition coefficient (Wildman–Crippen LogP) is 6.96. The van der Waals surface area contributed by atoms with Crippen LogP contribution in [0.1, 0.15) is 38.4 Å². The van der Waals surface area contributed by atoms with Crippen molar-refractivity contribution in [3.8, 4) is 0 Å². The Morgan fingerprint density at radius 2 is 1.73 bits per heavy atom. The largest absolute Gasteiger partial charge is 0.387 e. The van der Waals surface area contributed by atoms with E-state index in [0.29, 0.717) is 0 Å². The van der Waals surface area contributed by atoms with Gasteiger partial charge >= 0.3 is 0 Å². The number of pyridine rings is 1. The molecule has 2 aromatic rings. The van der Waals surface area contributed by atoms with E-state index in [1.165, 1.54) is 6.92 Å². The second-order valence-corrected chi connectivity index (χ2v) is 5.93. The third-order valence-corrected chi connectivity index (χ3v) is 3.68. The molecular weight excluding hydrogens is 400 g/mol. The van der Waals surface area contributed by atoms with Crippen LogP contribution in [0.25, 0.3) is 5.70 Å². The second kappa shape index (κ2) is 13.3. The molecule has 0 unspecified atom stereocenters. The molecule has 0 aliphatic rings. The van der Waals surface area contributed by atoms with Gasteiger partial charge in [-0.1, -0.05) is 43.3 Å². The maximum Gasteiger partial charge on any atom is 0.238 e. The van der Waals surface area contributed by atoms with Gasteiger partial charge in [-0.3, -0.25) is 4.98 Å². The fourth-order valence-corrected chi connectivity index (χ4v) is 2.01. The summed E-state index contributed by atoms with van der Waals surface area (Å²) in [6.45, 7) is 11.5. The number of aryl methyl sites for hydroxylation is 1. The van der Waals surface area contributed by atoms with E-state index in [9.17, 15) is 8.78 Å². The number of nitrogens with zero attached hydrogens (tertiary/aromatic N) is 1. The van der Waals surface area contributed by atoms with Crippen LogP contribution in [0.4, 0.5) is 20.2 Å². The van der Waals surface area contributed by atoms with Gasteiger partial charge in [0.15, 0.2) is 0 Å². The number of halogens is 3. The molecule has 0 amide bonds. The van der Waals surface area contributed by atoms with Crippen molar-refractivity contribution in [1.82, 2.24) is 4.98 Å². The predicted molar refractivity (Wildman–Crippen MR) is 113 cm³/mol. The lowest BCUT2D eigenvalue weighted by Crippen LogP contribution is -2.02.